The molecule has 1 heterocycles. The molecule has 2 amide bonds. The van der Waals surface area contributed by atoms with Crippen LogP contribution in [0.1, 0.15) is 43.0 Å². The Bertz CT molecular complexity index is 1270. The van der Waals surface area contributed by atoms with Gasteiger partial charge in [0, 0.05) is 17.3 Å². The molecule has 12 heteroatoms. The zero-order chi connectivity index (χ0) is 27.8. The number of carbonyl (C=O) groups is 2. The molecule has 2 aromatic carbocycles. The van der Waals surface area contributed by atoms with Gasteiger partial charge >= 0.3 is 18.1 Å². The smallest absolute Gasteiger partial charge is 0.434 e. The third-order valence-electron chi connectivity index (χ3n) is 5.11. The van der Waals surface area contributed by atoms with Crippen molar-refractivity contribution in [2.24, 2.45) is 0 Å². The number of amides is 2. The van der Waals surface area contributed by atoms with E-state index >= 15 is 0 Å². The SMILES string of the molecule is Cc1c(CCl)cccc1NC(=O)OC(C)(C)C.Cc1c(Cn2ccnc2[N+](=O)[O-])cccc1NC(=O)O. The highest BCUT2D eigenvalue weighted by Crippen LogP contribution is 2.22. The fraction of sp³-hybridized carbons (Fsp3) is 0.320. The van der Waals surface area contributed by atoms with Crippen LogP contribution in [0.2, 0.25) is 0 Å². The van der Waals surface area contributed by atoms with Crippen molar-refractivity contribution in [2.75, 3.05) is 10.6 Å². The van der Waals surface area contributed by atoms with Crippen molar-refractivity contribution in [2.45, 2.75) is 52.6 Å². The van der Waals surface area contributed by atoms with Gasteiger partial charge in [0.2, 0.25) is 0 Å². The van der Waals surface area contributed by atoms with Crippen LogP contribution < -0.4 is 10.6 Å². The second kappa shape index (κ2) is 12.7. The highest BCUT2D eigenvalue weighted by molar-refractivity contribution is 6.17. The lowest BCUT2D eigenvalue weighted by Crippen LogP contribution is -2.27. The molecule has 0 aliphatic carbocycles. The number of imidazole rings is 1. The van der Waals surface area contributed by atoms with Crippen molar-refractivity contribution in [3.63, 3.8) is 0 Å². The molecule has 0 spiro atoms. The van der Waals surface area contributed by atoms with E-state index in [9.17, 15) is 19.7 Å². The Morgan fingerprint density at radius 2 is 1.65 bits per heavy atom. The molecular formula is C25H30ClN5O6. The Morgan fingerprint density at radius 1 is 1.08 bits per heavy atom. The molecule has 1 aromatic heterocycles. The van der Waals surface area contributed by atoms with Gasteiger partial charge in [-0.15, -0.1) is 11.6 Å². The molecule has 3 N–H and O–H groups in total. The maximum Gasteiger partial charge on any atom is 0.434 e. The molecule has 0 aliphatic rings. The molecule has 0 fully saturated rings. The molecular weight excluding hydrogens is 502 g/mol. The fourth-order valence-electron chi connectivity index (χ4n) is 3.26. The third kappa shape index (κ3) is 8.80. The van der Waals surface area contributed by atoms with E-state index in [2.05, 4.69) is 15.6 Å². The number of alkyl halides is 1. The first-order valence-electron chi connectivity index (χ1n) is 11.2. The van der Waals surface area contributed by atoms with Gasteiger partial charge in [-0.05, 0) is 73.9 Å². The highest BCUT2D eigenvalue weighted by atomic mass is 35.5. The van der Waals surface area contributed by atoms with E-state index in [1.807, 2.05) is 45.9 Å². The van der Waals surface area contributed by atoms with Crippen molar-refractivity contribution in [1.29, 1.82) is 0 Å². The first-order valence-corrected chi connectivity index (χ1v) is 11.7. The van der Waals surface area contributed by atoms with Gasteiger partial charge in [0.15, 0.2) is 0 Å². The quantitative estimate of drug-likeness (QED) is 0.191. The number of anilines is 2. The Labute approximate surface area is 219 Å². The molecule has 3 rings (SSSR count). The summed E-state index contributed by atoms with van der Waals surface area (Å²) in [7, 11) is 0. The van der Waals surface area contributed by atoms with Crippen molar-refractivity contribution in [3.05, 3.63) is 81.2 Å². The fourth-order valence-corrected chi connectivity index (χ4v) is 3.55. The first kappa shape index (κ1) is 29.1. The maximum atomic E-state index is 11.6. The molecule has 0 saturated heterocycles. The molecule has 3 aromatic rings. The number of carbonyl (C=O) groups excluding carboxylic acids is 1. The molecule has 0 radical (unpaired) electrons. The summed E-state index contributed by atoms with van der Waals surface area (Å²) in [5.74, 6) is 0.177. The predicted molar refractivity (Wildman–Crippen MR) is 141 cm³/mol. The number of aromatic nitrogens is 2. The van der Waals surface area contributed by atoms with Gasteiger partial charge < -0.3 is 20.0 Å². The molecule has 11 nitrogen and oxygen atoms in total. The predicted octanol–water partition coefficient (Wildman–Crippen LogP) is 6.32. The van der Waals surface area contributed by atoms with Crippen LogP contribution in [0.4, 0.5) is 26.9 Å². The molecule has 0 unspecified atom stereocenters. The molecule has 0 aliphatic heterocycles. The number of benzene rings is 2. The van der Waals surface area contributed by atoms with Gasteiger partial charge in [-0.25, -0.2) is 14.2 Å². The first-order chi connectivity index (χ1) is 17.3. The lowest BCUT2D eigenvalue weighted by atomic mass is 10.1. The lowest BCUT2D eigenvalue weighted by Gasteiger charge is -2.20. The molecule has 198 valence electrons. The van der Waals surface area contributed by atoms with Gasteiger partial charge in [0.25, 0.3) is 0 Å². The highest BCUT2D eigenvalue weighted by Gasteiger charge is 2.17. The van der Waals surface area contributed by atoms with E-state index in [0.29, 0.717) is 11.6 Å². The summed E-state index contributed by atoms with van der Waals surface area (Å²) in [5.41, 5.74) is 4.15. The summed E-state index contributed by atoms with van der Waals surface area (Å²) in [4.78, 5) is 36.2. The second-order valence-electron chi connectivity index (χ2n) is 8.98. The normalized spacial score (nSPS) is 10.6. The zero-order valence-electron chi connectivity index (χ0n) is 21.2. The molecule has 0 bridgehead atoms. The summed E-state index contributed by atoms with van der Waals surface area (Å²) in [6.45, 7) is 9.41. The lowest BCUT2D eigenvalue weighted by molar-refractivity contribution is -0.396. The van der Waals surface area contributed by atoms with Crippen LogP contribution in [0.25, 0.3) is 0 Å². The van der Waals surface area contributed by atoms with E-state index in [1.54, 1.807) is 25.1 Å². The van der Waals surface area contributed by atoms with E-state index in [4.69, 9.17) is 21.4 Å². The van der Waals surface area contributed by atoms with Gasteiger partial charge in [0.1, 0.15) is 18.0 Å². The van der Waals surface area contributed by atoms with Crippen LogP contribution in [0.3, 0.4) is 0 Å². The number of rotatable bonds is 6. The largest absolute Gasteiger partial charge is 0.465 e. The topological polar surface area (TPSA) is 149 Å². The number of nitrogens with one attached hydrogen (secondary N) is 2. The Kier molecular flexibility index (Phi) is 10.0. The van der Waals surface area contributed by atoms with Crippen LogP contribution in [0.5, 0.6) is 0 Å². The number of nitrogens with zero attached hydrogens (tertiary/aromatic N) is 3. The zero-order valence-corrected chi connectivity index (χ0v) is 22.0. The van der Waals surface area contributed by atoms with Gasteiger partial charge in [-0.2, -0.15) is 0 Å². The molecule has 0 atom stereocenters. The van der Waals surface area contributed by atoms with Crippen LogP contribution >= 0.6 is 11.6 Å². The minimum atomic E-state index is -1.15. The average Bonchev–Trinajstić information content (AvgIpc) is 3.25. The van der Waals surface area contributed by atoms with E-state index in [0.717, 1.165) is 27.9 Å². The van der Waals surface area contributed by atoms with Crippen LogP contribution in [0.15, 0.2) is 48.8 Å². The molecule has 0 saturated carbocycles. The Hall–Kier alpha value is -4.12. The molecule has 37 heavy (non-hydrogen) atoms. The van der Waals surface area contributed by atoms with Crippen molar-refractivity contribution >= 4 is 41.1 Å². The van der Waals surface area contributed by atoms with Crippen LogP contribution in [-0.4, -0.2) is 37.4 Å². The van der Waals surface area contributed by atoms with Crippen molar-refractivity contribution in [1.82, 2.24) is 9.55 Å². The summed E-state index contributed by atoms with van der Waals surface area (Å²) in [5, 5.41) is 24.6. The number of hydrogen-bond acceptors (Lipinski definition) is 6. The van der Waals surface area contributed by atoms with Crippen LogP contribution in [-0.2, 0) is 17.2 Å². The van der Waals surface area contributed by atoms with Crippen LogP contribution in [0, 0.1) is 24.0 Å². The van der Waals surface area contributed by atoms with Gasteiger partial charge in [-0.1, -0.05) is 29.2 Å². The monoisotopic (exact) mass is 531 g/mol. The second-order valence-corrected chi connectivity index (χ2v) is 9.25. The van der Waals surface area contributed by atoms with Gasteiger partial charge in [-0.3, -0.25) is 10.6 Å². The number of halogens is 1. The Balaban J connectivity index is 0.000000264. The number of hydrogen-bond donors (Lipinski definition) is 3. The maximum absolute atomic E-state index is 11.6. The number of carboxylic acid groups (broad SMARTS) is 1. The minimum absolute atomic E-state index is 0.247. The number of ether oxygens (including phenoxy) is 1. The third-order valence-corrected chi connectivity index (χ3v) is 5.40. The summed E-state index contributed by atoms with van der Waals surface area (Å²) < 4.78 is 6.58. The number of nitro groups is 1. The summed E-state index contributed by atoms with van der Waals surface area (Å²) in [6.07, 6.45) is 1.26. The van der Waals surface area contributed by atoms with Crippen molar-refractivity contribution < 1.29 is 24.4 Å². The summed E-state index contributed by atoms with van der Waals surface area (Å²) >= 11 is 5.80. The van der Waals surface area contributed by atoms with E-state index in [1.165, 1.54) is 17.0 Å². The van der Waals surface area contributed by atoms with Crippen molar-refractivity contribution in [3.8, 4) is 0 Å². The minimum Gasteiger partial charge on any atom is -0.465 e. The van der Waals surface area contributed by atoms with E-state index in [-0.39, 0.29) is 12.5 Å². The summed E-state index contributed by atoms with van der Waals surface area (Å²) in [6, 6.07) is 10.7. The van der Waals surface area contributed by atoms with E-state index < -0.39 is 22.7 Å². The standard InChI is InChI=1S/C13H18ClNO2.C12H12N4O4/c1-9-10(8-14)6-5-7-11(9)15-12(16)17-13(2,3)4;1-8-9(3-2-4-10(8)14-12(17)18)7-15-6-5-13-11(15)16(19)20/h5-7H,8H2,1-4H3,(H,15,16);2-6,14H,7H2,1H3,(H,17,18). The average molecular weight is 532 g/mol. The van der Waals surface area contributed by atoms with Gasteiger partial charge in [0.05, 0.1) is 6.54 Å². The Morgan fingerprint density at radius 3 is 2.19 bits per heavy atom.